The number of fused-ring (bicyclic) bond motifs is 1. The molecule has 1 N–H and O–H groups in total. The molecule has 0 aliphatic carbocycles. The number of anilines is 1. The highest BCUT2D eigenvalue weighted by atomic mass is 35.5. The van der Waals surface area contributed by atoms with Crippen LogP contribution in [0.5, 0.6) is 11.5 Å². The van der Waals surface area contributed by atoms with E-state index in [1.54, 1.807) is 7.11 Å². The van der Waals surface area contributed by atoms with Crippen molar-refractivity contribution in [2.24, 2.45) is 5.92 Å². The van der Waals surface area contributed by atoms with Gasteiger partial charge in [0.05, 0.1) is 31.8 Å². The standard InChI is InChI=1S/C31H34ClNO5/c1-19(2)38-28-18-26-23(16-27(28)36-3)17-29(34)33(30(26)20-4-8-24(32)9-5-20)25-10-6-21(7-11-25)31(35)22-12-14-37-15-13-22/h4-11,16,18-19,22,30-31,35H,12-15,17H2,1-3H3. The van der Waals surface area contributed by atoms with Gasteiger partial charge in [0.2, 0.25) is 5.91 Å². The molecule has 3 aromatic carbocycles. The Morgan fingerprint density at radius 2 is 1.68 bits per heavy atom. The number of carbonyl (C=O) groups excluding carboxylic acids is 1. The van der Waals surface area contributed by atoms with E-state index in [9.17, 15) is 9.90 Å². The molecule has 5 rings (SSSR count). The van der Waals surface area contributed by atoms with E-state index in [2.05, 4.69) is 0 Å². The van der Waals surface area contributed by atoms with Crippen molar-refractivity contribution in [1.82, 2.24) is 0 Å². The summed E-state index contributed by atoms with van der Waals surface area (Å²) in [6.07, 6.45) is 1.33. The quantitative estimate of drug-likeness (QED) is 0.386. The Kier molecular flexibility index (Phi) is 7.93. The molecule has 6 nitrogen and oxygen atoms in total. The van der Waals surface area contributed by atoms with Gasteiger partial charge in [-0.1, -0.05) is 35.9 Å². The lowest BCUT2D eigenvalue weighted by molar-refractivity contribution is -0.118. The lowest BCUT2D eigenvalue weighted by Crippen LogP contribution is -2.41. The van der Waals surface area contributed by atoms with Crippen molar-refractivity contribution >= 4 is 23.2 Å². The number of halogens is 1. The Morgan fingerprint density at radius 1 is 1.00 bits per heavy atom. The van der Waals surface area contributed by atoms with Crippen LogP contribution in [0.1, 0.15) is 61.1 Å². The fourth-order valence-electron chi connectivity index (χ4n) is 5.46. The van der Waals surface area contributed by atoms with Gasteiger partial charge >= 0.3 is 0 Å². The van der Waals surface area contributed by atoms with Gasteiger partial charge in [0, 0.05) is 23.9 Å². The average Bonchev–Trinajstić information content (AvgIpc) is 2.93. The molecule has 0 radical (unpaired) electrons. The predicted molar refractivity (Wildman–Crippen MR) is 148 cm³/mol. The van der Waals surface area contributed by atoms with Crippen molar-refractivity contribution in [2.75, 3.05) is 25.2 Å². The fourth-order valence-corrected chi connectivity index (χ4v) is 5.59. The Bertz CT molecular complexity index is 1270. The van der Waals surface area contributed by atoms with E-state index >= 15 is 0 Å². The minimum absolute atomic E-state index is 0.0187. The Morgan fingerprint density at radius 3 is 2.32 bits per heavy atom. The first-order valence-corrected chi connectivity index (χ1v) is 13.5. The third-order valence-corrected chi connectivity index (χ3v) is 7.61. The highest BCUT2D eigenvalue weighted by Gasteiger charge is 2.36. The van der Waals surface area contributed by atoms with E-state index in [4.69, 9.17) is 25.8 Å². The molecule has 200 valence electrons. The smallest absolute Gasteiger partial charge is 0.232 e. The molecule has 1 fully saturated rings. The van der Waals surface area contributed by atoms with Crippen LogP contribution in [0.4, 0.5) is 5.69 Å². The van der Waals surface area contributed by atoms with Gasteiger partial charge in [0.15, 0.2) is 11.5 Å². The second-order valence-corrected chi connectivity index (χ2v) is 10.7. The summed E-state index contributed by atoms with van der Waals surface area (Å²) in [6.45, 7) is 5.30. The SMILES string of the molecule is COc1cc2c(cc1OC(C)C)C(c1ccc(Cl)cc1)N(c1ccc(C(O)C3CCOCC3)cc1)C(=O)C2. The number of benzene rings is 3. The zero-order valence-electron chi connectivity index (χ0n) is 22.0. The van der Waals surface area contributed by atoms with E-state index in [1.807, 2.05) is 79.4 Å². The second kappa shape index (κ2) is 11.4. The number of methoxy groups -OCH3 is 1. The molecule has 2 heterocycles. The van der Waals surface area contributed by atoms with Gasteiger partial charge in [-0.05, 0) is 91.3 Å². The first-order valence-electron chi connectivity index (χ1n) is 13.2. The van der Waals surface area contributed by atoms with Crippen LogP contribution in [0.25, 0.3) is 0 Å². The van der Waals surface area contributed by atoms with Crippen LogP contribution in [-0.4, -0.2) is 37.4 Å². The molecule has 3 aromatic rings. The molecule has 0 aromatic heterocycles. The van der Waals surface area contributed by atoms with Crippen LogP contribution in [0.3, 0.4) is 0 Å². The highest BCUT2D eigenvalue weighted by Crippen LogP contribution is 2.44. The summed E-state index contributed by atoms with van der Waals surface area (Å²) in [5.41, 5.74) is 4.45. The van der Waals surface area contributed by atoms with Crippen LogP contribution in [-0.2, 0) is 16.0 Å². The lowest BCUT2D eigenvalue weighted by Gasteiger charge is -2.38. The van der Waals surface area contributed by atoms with Gasteiger partial charge in [-0.2, -0.15) is 0 Å². The first kappa shape index (κ1) is 26.5. The monoisotopic (exact) mass is 535 g/mol. The van der Waals surface area contributed by atoms with E-state index in [0.717, 1.165) is 40.8 Å². The molecule has 38 heavy (non-hydrogen) atoms. The molecular formula is C31H34ClNO5. The summed E-state index contributed by atoms with van der Waals surface area (Å²) in [4.78, 5) is 15.5. The molecule has 7 heteroatoms. The summed E-state index contributed by atoms with van der Waals surface area (Å²) in [5, 5.41) is 11.6. The van der Waals surface area contributed by atoms with Crippen LogP contribution in [0.15, 0.2) is 60.7 Å². The molecule has 2 unspecified atom stereocenters. The molecule has 1 saturated heterocycles. The summed E-state index contributed by atoms with van der Waals surface area (Å²) in [7, 11) is 1.61. The molecule has 0 spiro atoms. The number of amides is 1. The van der Waals surface area contributed by atoms with E-state index in [1.165, 1.54) is 0 Å². The summed E-state index contributed by atoms with van der Waals surface area (Å²) in [5.74, 6) is 1.41. The largest absolute Gasteiger partial charge is 0.493 e. The highest BCUT2D eigenvalue weighted by molar-refractivity contribution is 6.30. The van der Waals surface area contributed by atoms with Gasteiger partial charge in [-0.25, -0.2) is 0 Å². The van der Waals surface area contributed by atoms with E-state index in [-0.39, 0.29) is 30.4 Å². The maximum Gasteiger partial charge on any atom is 0.232 e. The van der Waals surface area contributed by atoms with Crippen LogP contribution in [0.2, 0.25) is 5.02 Å². The normalized spacial score (nSPS) is 18.8. The third-order valence-electron chi connectivity index (χ3n) is 7.36. The first-order chi connectivity index (χ1) is 18.4. The van der Waals surface area contributed by atoms with Crippen molar-refractivity contribution in [3.63, 3.8) is 0 Å². The van der Waals surface area contributed by atoms with Gasteiger partial charge in [0.1, 0.15) is 0 Å². The fraction of sp³-hybridized carbons (Fsp3) is 0.387. The molecule has 0 bridgehead atoms. The lowest BCUT2D eigenvalue weighted by atomic mass is 9.86. The number of rotatable bonds is 7. The minimum Gasteiger partial charge on any atom is -0.493 e. The topological polar surface area (TPSA) is 68.2 Å². The predicted octanol–water partition coefficient (Wildman–Crippen LogP) is 6.27. The number of hydrogen-bond acceptors (Lipinski definition) is 5. The number of ether oxygens (including phenoxy) is 3. The number of nitrogens with zero attached hydrogens (tertiary/aromatic N) is 1. The van der Waals surface area contributed by atoms with Crippen LogP contribution in [0, 0.1) is 5.92 Å². The molecule has 2 atom stereocenters. The number of aliphatic hydroxyl groups excluding tert-OH is 1. The van der Waals surface area contributed by atoms with Gasteiger partial charge in [0.25, 0.3) is 0 Å². The number of hydrogen-bond donors (Lipinski definition) is 1. The third kappa shape index (κ3) is 5.39. The maximum atomic E-state index is 13.7. The molecular weight excluding hydrogens is 502 g/mol. The zero-order chi connectivity index (χ0) is 26.8. The number of aliphatic hydroxyl groups is 1. The summed E-state index contributed by atoms with van der Waals surface area (Å²) in [6, 6.07) is 18.9. The summed E-state index contributed by atoms with van der Waals surface area (Å²) < 4.78 is 17.1. The average molecular weight is 536 g/mol. The minimum atomic E-state index is -0.555. The van der Waals surface area contributed by atoms with Crippen molar-refractivity contribution in [2.45, 2.75) is 51.4 Å². The molecule has 2 aliphatic rings. The molecule has 0 saturated carbocycles. The maximum absolute atomic E-state index is 13.7. The van der Waals surface area contributed by atoms with Gasteiger partial charge in [-0.3, -0.25) is 4.79 Å². The van der Waals surface area contributed by atoms with Crippen molar-refractivity contribution in [3.05, 3.63) is 87.9 Å². The molecule has 2 aliphatic heterocycles. The Balaban J connectivity index is 1.56. The van der Waals surface area contributed by atoms with Gasteiger partial charge in [-0.15, -0.1) is 0 Å². The van der Waals surface area contributed by atoms with Gasteiger partial charge < -0.3 is 24.2 Å². The van der Waals surface area contributed by atoms with Crippen LogP contribution < -0.4 is 14.4 Å². The summed E-state index contributed by atoms with van der Waals surface area (Å²) >= 11 is 6.22. The van der Waals surface area contributed by atoms with E-state index < -0.39 is 6.10 Å². The van der Waals surface area contributed by atoms with Crippen molar-refractivity contribution < 1.29 is 24.1 Å². The number of carbonyl (C=O) groups is 1. The zero-order valence-corrected chi connectivity index (χ0v) is 22.8. The Hall–Kier alpha value is -3.06. The van der Waals surface area contributed by atoms with Crippen LogP contribution >= 0.6 is 11.6 Å². The van der Waals surface area contributed by atoms with Crippen molar-refractivity contribution in [3.8, 4) is 11.5 Å². The van der Waals surface area contributed by atoms with Crippen molar-refractivity contribution in [1.29, 1.82) is 0 Å². The second-order valence-electron chi connectivity index (χ2n) is 10.2. The molecule has 1 amide bonds. The van der Waals surface area contributed by atoms with E-state index in [0.29, 0.717) is 29.7 Å². The Labute approximate surface area is 229 Å².